The molecule has 0 saturated heterocycles. The first-order chi connectivity index (χ1) is 8.70. The average Bonchev–Trinajstić information content (AvgIpc) is 2.38. The van der Waals surface area contributed by atoms with E-state index >= 15 is 0 Å². The molecule has 0 radical (unpaired) electrons. The fourth-order valence-electron chi connectivity index (χ4n) is 1.91. The largest absolute Gasteiger partial charge is 0.496 e. The van der Waals surface area contributed by atoms with E-state index in [9.17, 15) is 9.90 Å². The van der Waals surface area contributed by atoms with Crippen molar-refractivity contribution in [3.8, 4) is 5.75 Å². The topological polar surface area (TPSA) is 46.5 Å². The van der Waals surface area contributed by atoms with Gasteiger partial charge in [0.2, 0.25) is 0 Å². The average molecular weight is 248 g/mol. The number of aliphatic carboxylic acids is 1. The van der Waals surface area contributed by atoms with Crippen molar-refractivity contribution in [2.24, 2.45) is 0 Å². The Kier molecular flexibility index (Phi) is 5.98. The predicted octanol–water partition coefficient (Wildman–Crippen LogP) is 3.61. The van der Waals surface area contributed by atoms with Crippen molar-refractivity contribution in [1.82, 2.24) is 0 Å². The van der Waals surface area contributed by atoms with Gasteiger partial charge < -0.3 is 9.84 Å². The van der Waals surface area contributed by atoms with E-state index in [1.165, 1.54) is 0 Å². The molecule has 1 aromatic rings. The van der Waals surface area contributed by atoms with Gasteiger partial charge in [0, 0.05) is 5.56 Å². The van der Waals surface area contributed by atoms with E-state index in [2.05, 4.69) is 13.0 Å². The third-order valence-electron chi connectivity index (χ3n) is 2.84. The highest BCUT2D eigenvalue weighted by Gasteiger charge is 2.22. The molecule has 1 N–H and O–H groups in total. The second-order valence-corrected chi connectivity index (χ2v) is 4.09. The minimum Gasteiger partial charge on any atom is -0.496 e. The molecule has 0 saturated carbocycles. The third kappa shape index (κ3) is 3.91. The lowest BCUT2D eigenvalue weighted by Crippen LogP contribution is -2.12. The van der Waals surface area contributed by atoms with Gasteiger partial charge in [0.1, 0.15) is 5.75 Å². The number of rotatable bonds is 7. The molecular weight excluding hydrogens is 228 g/mol. The van der Waals surface area contributed by atoms with Gasteiger partial charge in [0.05, 0.1) is 13.0 Å². The highest BCUT2D eigenvalue weighted by Crippen LogP contribution is 2.30. The summed E-state index contributed by atoms with van der Waals surface area (Å²) in [5, 5.41) is 9.32. The van der Waals surface area contributed by atoms with Gasteiger partial charge in [-0.15, -0.1) is 0 Å². The normalized spacial score (nSPS) is 12.6. The Labute approximate surface area is 108 Å². The fourth-order valence-corrected chi connectivity index (χ4v) is 1.91. The molecule has 0 aliphatic heterocycles. The standard InChI is InChI=1S/C15H20O3/c1-3-4-5-6-10-13(15(16)17)12-9-7-8-11-14(12)18-2/h4-5,7-9,11,13H,3,6,10H2,1-2H3,(H,16,17). The van der Waals surface area contributed by atoms with Crippen LogP contribution in [0, 0.1) is 0 Å². The molecule has 0 aromatic heterocycles. The molecule has 0 aliphatic carbocycles. The number of ether oxygens (including phenoxy) is 1. The zero-order valence-corrected chi connectivity index (χ0v) is 10.9. The van der Waals surface area contributed by atoms with Crippen LogP contribution in [0.3, 0.4) is 0 Å². The molecule has 0 aliphatic rings. The predicted molar refractivity (Wildman–Crippen MR) is 72.0 cm³/mol. The Hall–Kier alpha value is -1.77. The monoisotopic (exact) mass is 248 g/mol. The van der Waals surface area contributed by atoms with Gasteiger partial charge in [-0.1, -0.05) is 37.3 Å². The number of para-hydroxylation sites is 1. The van der Waals surface area contributed by atoms with Crippen molar-refractivity contribution in [2.45, 2.75) is 32.1 Å². The molecule has 1 unspecified atom stereocenters. The molecule has 0 bridgehead atoms. The number of carboxylic acids is 1. The fraction of sp³-hybridized carbons (Fsp3) is 0.400. The highest BCUT2D eigenvalue weighted by molar-refractivity contribution is 5.77. The van der Waals surface area contributed by atoms with Gasteiger partial charge in [0.15, 0.2) is 0 Å². The van der Waals surface area contributed by atoms with Gasteiger partial charge in [0.25, 0.3) is 0 Å². The zero-order chi connectivity index (χ0) is 13.4. The van der Waals surface area contributed by atoms with Crippen LogP contribution >= 0.6 is 0 Å². The van der Waals surface area contributed by atoms with Crippen LogP contribution in [-0.4, -0.2) is 18.2 Å². The summed E-state index contributed by atoms with van der Waals surface area (Å²) in [6.07, 6.45) is 6.42. The van der Waals surface area contributed by atoms with E-state index in [1.54, 1.807) is 13.2 Å². The van der Waals surface area contributed by atoms with Crippen molar-refractivity contribution in [3.05, 3.63) is 42.0 Å². The summed E-state index contributed by atoms with van der Waals surface area (Å²) in [6.45, 7) is 2.06. The van der Waals surface area contributed by atoms with Crippen LogP contribution in [-0.2, 0) is 4.79 Å². The molecule has 0 heterocycles. The van der Waals surface area contributed by atoms with Crippen molar-refractivity contribution < 1.29 is 14.6 Å². The number of hydrogen-bond donors (Lipinski definition) is 1. The molecule has 3 heteroatoms. The number of methoxy groups -OCH3 is 1. The first-order valence-electron chi connectivity index (χ1n) is 6.21. The van der Waals surface area contributed by atoms with Crippen LogP contribution in [0.4, 0.5) is 0 Å². The molecule has 0 amide bonds. The van der Waals surface area contributed by atoms with E-state index in [0.29, 0.717) is 12.2 Å². The summed E-state index contributed by atoms with van der Waals surface area (Å²) < 4.78 is 5.22. The minimum atomic E-state index is -0.801. The summed E-state index contributed by atoms with van der Waals surface area (Å²) in [5.74, 6) is -0.670. The van der Waals surface area contributed by atoms with E-state index in [4.69, 9.17) is 4.74 Å². The number of allylic oxidation sites excluding steroid dienone is 2. The van der Waals surface area contributed by atoms with Crippen LogP contribution in [0.2, 0.25) is 0 Å². The lowest BCUT2D eigenvalue weighted by Gasteiger charge is -2.15. The lowest BCUT2D eigenvalue weighted by atomic mass is 9.93. The first kappa shape index (κ1) is 14.3. The third-order valence-corrected chi connectivity index (χ3v) is 2.84. The van der Waals surface area contributed by atoms with Gasteiger partial charge in [-0.3, -0.25) is 4.79 Å². The molecule has 3 nitrogen and oxygen atoms in total. The Bertz CT molecular complexity index is 410. The maximum Gasteiger partial charge on any atom is 0.311 e. The molecule has 18 heavy (non-hydrogen) atoms. The Balaban J connectivity index is 2.84. The van der Waals surface area contributed by atoms with Gasteiger partial charge in [-0.25, -0.2) is 0 Å². The zero-order valence-electron chi connectivity index (χ0n) is 10.9. The number of hydrogen-bond acceptors (Lipinski definition) is 2. The molecule has 98 valence electrons. The van der Waals surface area contributed by atoms with E-state index < -0.39 is 11.9 Å². The molecule has 1 atom stereocenters. The summed E-state index contributed by atoms with van der Waals surface area (Å²) in [7, 11) is 1.56. The summed E-state index contributed by atoms with van der Waals surface area (Å²) in [6, 6.07) is 7.31. The second kappa shape index (κ2) is 7.54. The SMILES string of the molecule is CCC=CCCC(C(=O)O)c1ccccc1OC. The molecule has 1 aromatic carbocycles. The smallest absolute Gasteiger partial charge is 0.311 e. The number of carboxylic acid groups (broad SMARTS) is 1. The van der Waals surface area contributed by atoms with Gasteiger partial charge in [-0.05, 0) is 25.3 Å². The lowest BCUT2D eigenvalue weighted by molar-refractivity contribution is -0.139. The molecule has 0 fully saturated rings. The van der Waals surface area contributed by atoms with Gasteiger partial charge >= 0.3 is 5.97 Å². The summed E-state index contributed by atoms with van der Waals surface area (Å²) >= 11 is 0. The maximum absolute atomic E-state index is 11.4. The van der Waals surface area contributed by atoms with Crippen molar-refractivity contribution in [1.29, 1.82) is 0 Å². The Morgan fingerprint density at radius 2 is 2.11 bits per heavy atom. The quantitative estimate of drug-likeness (QED) is 0.750. The van der Waals surface area contributed by atoms with Gasteiger partial charge in [-0.2, -0.15) is 0 Å². The minimum absolute atomic E-state index is 0.511. The van der Waals surface area contributed by atoms with Crippen LogP contribution in [0.1, 0.15) is 37.7 Å². The molecular formula is C15H20O3. The maximum atomic E-state index is 11.4. The van der Waals surface area contributed by atoms with Crippen molar-refractivity contribution in [2.75, 3.05) is 7.11 Å². The van der Waals surface area contributed by atoms with Crippen LogP contribution in [0.25, 0.3) is 0 Å². The van der Waals surface area contributed by atoms with Crippen molar-refractivity contribution >= 4 is 5.97 Å². The van der Waals surface area contributed by atoms with Crippen LogP contribution < -0.4 is 4.74 Å². The highest BCUT2D eigenvalue weighted by atomic mass is 16.5. The van der Waals surface area contributed by atoms with E-state index in [1.807, 2.05) is 24.3 Å². The van der Waals surface area contributed by atoms with E-state index in [-0.39, 0.29) is 0 Å². The summed E-state index contributed by atoms with van der Waals surface area (Å²) in [5.41, 5.74) is 0.748. The molecule has 1 rings (SSSR count). The van der Waals surface area contributed by atoms with E-state index in [0.717, 1.165) is 18.4 Å². The Morgan fingerprint density at radius 3 is 2.72 bits per heavy atom. The van der Waals surface area contributed by atoms with Crippen LogP contribution in [0.15, 0.2) is 36.4 Å². The first-order valence-corrected chi connectivity index (χ1v) is 6.21. The van der Waals surface area contributed by atoms with Crippen LogP contribution in [0.5, 0.6) is 5.75 Å². The Morgan fingerprint density at radius 1 is 1.39 bits per heavy atom. The molecule has 0 spiro atoms. The van der Waals surface area contributed by atoms with Crippen molar-refractivity contribution in [3.63, 3.8) is 0 Å². The number of carbonyl (C=O) groups is 1. The second-order valence-electron chi connectivity index (χ2n) is 4.09. The number of benzene rings is 1. The summed E-state index contributed by atoms with van der Waals surface area (Å²) in [4.78, 5) is 11.4.